The molecule has 0 radical (unpaired) electrons. The zero-order valence-corrected chi connectivity index (χ0v) is 15.7. The lowest BCUT2D eigenvalue weighted by Gasteiger charge is -2.33. The Kier molecular flexibility index (Phi) is 5.79. The topological polar surface area (TPSA) is 82.5 Å². The number of thiazole rings is 1. The first kappa shape index (κ1) is 18.9. The molecule has 7 heteroatoms. The summed E-state index contributed by atoms with van der Waals surface area (Å²) in [6.07, 6.45) is -0.255. The van der Waals surface area contributed by atoms with E-state index in [1.807, 2.05) is 50.4 Å². The first-order valence-corrected chi connectivity index (χ1v) is 8.88. The van der Waals surface area contributed by atoms with E-state index in [1.165, 1.54) is 23.2 Å². The van der Waals surface area contributed by atoms with Crippen molar-refractivity contribution in [2.45, 2.75) is 39.7 Å². The highest BCUT2D eigenvalue weighted by Gasteiger charge is 2.25. The summed E-state index contributed by atoms with van der Waals surface area (Å²) in [4.78, 5) is 28.3. The lowest BCUT2D eigenvalue weighted by molar-refractivity contribution is -0.114. The summed E-state index contributed by atoms with van der Waals surface area (Å²) in [7, 11) is 0. The average Bonchev–Trinajstić information content (AvgIpc) is 2.94. The molecule has 0 saturated carbocycles. The van der Waals surface area contributed by atoms with Crippen LogP contribution in [-0.2, 0) is 11.2 Å². The lowest BCUT2D eigenvalue weighted by atomic mass is 10.0. The fourth-order valence-corrected chi connectivity index (χ4v) is 3.18. The summed E-state index contributed by atoms with van der Waals surface area (Å²) >= 11 is 1.38. The van der Waals surface area contributed by atoms with Crippen LogP contribution >= 0.6 is 11.3 Å². The van der Waals surface area contributed by atoms with Gasteiger partial charge in [-0.3, -0.25) is 4.79 Å². The average molecular weight is 361 g/mol. The summed E-state index contributed by atoms with van der Waals surface area (Å²) in [5.74, 6) is -0.141. The molecule has 6 nitrogen and oxygen atoms in total. The van der Waals surface area contributed by atoms with Crippen LogP contribution in [0.1, 0.15) is 33.3 Å². The number of amides is 2. The third-order valence-electron chi connectivity index (χ3n) is 3.70. The number of anilines is 1. The van der Waals surface area contributed by atoms with E-state index in [9.17, 15) is 14.7 Å². The highest BCUT2D eigenvalue weighted by Crippen LogP contribution is 2.25. The molecule has 0 saturated heterocycles. The second kappa shape index (κ2) is 7.65. The molecule has 0 aliphatic rings. The second-order valence-electron chi connectivity index (χ2n) is 6.77. The summed E-state index contributed by atoms with van der Waals surface area (Å²) in [6.45, 7) is 7.56. The zero-order chi connectivity index (χ0) is 18.6. The summed E-state index contributed by atoms with van der Waals surface area (Å²) in [5, 5.41) is 14.5. The van der Waals surface area contributed by atoms with E-state index in [0.717, 1.165) is 16.8 Å². The van der Waals surface area contributed by atoms with Crippen molar-refractivity contribution in [3.63, 3.8) is 0 Å². The molecule has 1 heterocycles. The zero-order valence-electron chi connectivity index (χ0n) is 14.9. The van der Waals surface area contributed by atoms with Gasteiger partial charge in [0.15, 0.2) is 5.13 Å². The number of hydrogen-bond acceptors (Lipinski definition) is 4. The maximum atomic E-state index is 11.4. The number of carboxylic acid groups (broad SMARTS) is 1. The number of carbonyl (C=O) groups excluding carboxylic acids is 1. The van der Waals surface area contributed by atoms with E-state index in [-0.39, 0.29) is 5.91 Å². The molecule has 1 aromatic heterocycles. The molecule has 0 fully saturated rings. The van der Waals surface area contributed by atoms with Gasteiger partial charge in [0, 0.05) is 30.0 Å². The van der Waals surface area contributed by atoms with Crippen molar-refractivity contribution in [1.29, 1.82) is 0 Å². The van der Waals surface area contributed by atoms with Gasteiger partial charge in [-0.2, -0.15) is 0 Å². The number of benzene rings is 1. The maximum Gasteiger partial charge on any atom is 0.407 e. The molecular weight excluding hydrogens is 338 g/mol. The van der Waals surface area contributed by atoms with E-state index in [2.05, 4.69) is 10.3 Å². The van der Waals surface area contributed by atoms with Crippen LogP contribution in [0.2, 0.25) is 0 Å². The van der Waals surface area contributed by atoms with Crippen LogP contribution in [0.25, 0.3) is 11.3 Å². The Balaban J connectivity index is 2.03. The normalized spacial score (nSPS) is 11.2. The number of aromatic nitrogens is 1. The number of carbonyl (C=O) groups is 2. The van der Waals surface area contributed by atoms with E-state index >= 15 is 0 Å². The van der Waals surface area contributed by atoms with Crippen molar-refractivity contribution in [3.8, 4) is 11.3 Å². The summed E-state index contributed by atoms with van der Waals surface area (Å²) < 4.78 is 0. The van der Waals surface area contributed by atoms with Gasteiger partial charge in [-0.25, -0.2) is 9.78 Å². The minimum Gasteiger partial charge on any atom is -0.465 e. The monoisotopic (exact) mass is 361 g/mol. The molecule has 2 aromatic rings. The van der Waals surface area contributed by atoms with E-state index in [4.69, 9.17) is 0 Å². The van der Waals surface area contributed by atoms with Gasteiger partial charge in [-0.15, -0.1) is 11.3 Å². The molecule has 0 spiro atoms. The van der Waals surface area contributed by atoms with Crippen LogP contribution in [0.3, 0.4) is 0 Å². The molecule has 0 bridgehead atoms. The minimum atomic E-state index is -0.905. The first-order chi connectivity index (χ1) is 11.7. The number of nitrogens with one attached hydrogen (secondary N) is 1. The van der Waals surface area contributed by atoms with Crippen molar-refractivity contribution in [1.82, 2.24) is 9.88 Å². The molecule has 2 amide bonds. The van der Waals surface area contributed by atoms with Crippen LogP contribution in [0.4, 0.5) is 9.93 Å². The third kappa shape index (κ3) is 5.29. The van der Waals surface area contributed by atoms with Crippen molar-refractivity contribution in [3.05, 3.63) is 35.2 Å². The Morgan fingerprint density at radius 1 is 1.24 bits per heavy atom. The molecule has 134 valence electrons. The maximum absolute atomic E-state index is 11.4. The summed E-state index contributed by atoms with van der Waals surface area (Å²) in [5.41, 5.74) is 2.41. The van der Waals surface area contributed by atoms with Crippen LogP contribution in [0.15, 0.2) is 29.6 Å². The SMILES string of the molecule is CC(=O)Nc1nc(-c2ccc(CCN(C(=O)O)C(C)(C)C)cc2)cs1. The Morgan fingerprint density at radius 2 is 1.88 bits per heavy atom. The molecule has 1 aromatic carbocycles. The molecule has 2 rings (SSSR count). The van der Waals surface area contributed by atoms with E-state index < -0.39 is 11.6 Å². The van der Waals surface area contributed by atoms with Crippen molar-refractivity contribution < 1.29 is 14.7 Å². The molecule has 25 heavy (non-hydrogen) atoms. The van der Waals surface area contributed by atoms with Crippen LogP contribution in [-0.4, -0.2) is 39.1 Å². The predicted octanol–water partition coefficient (Wildman–Crippen LogP) is 4.09. The smallest absolute Gasteiger partial charge is 0.407 e. The molecule has 0 aliphatic carbocycles. The molecule has 0 atom stereocenters. The van der Waals surface area contributed by atoms with Gasteiger partial charge in [0.25, 0.3) is 0 Å². The number of hydrogen-bond donors (Lipinski definition) is 2. The first-order valence-electron chi connectivity index (χ1n) is 8.00. The highest BCUT2D eigenvalue weighted by atomic mass is 32.1. The molecule has 2 N–H and O–H groups in total. The standard InChI is InChI=1S/C18H23N3O3S/c1-12(22)19-16-20-15(11-25-16)14-7-5-13(6-8-14)9-10-21(17(23)24)18(2,3)4/h5-8,11H,9-10H2,1-4H3,(H,23,24)(H,19,20,22). The molecule has 0 aliphatic heterocycles. The Morgan fingerprint density at radius 3 is 2.40 bits per heavy atom. The largest absolute Gasteiger partial charge is 0.465 e. The van der Waals surface area contributed by atoms with Gasteiger partial charge in [0.05, 0.1) is 5.69 Å². The summed E-state index contributed by atoms with van der Waals surface area (Å²) in [6, 6.07) is 7.89. The van der Waals surface area contributed by atoms with Crippen LogP contribution in [0.5, 0.6) is 0 Å². The molecular formula is C18H23N3O3S. The predicted molar refractivity (Wildman–Crippen MR) is 100 cm³/mol. The van der Waals surface area contributed by atoms with Gasteiger partial charge >= 0.3 is 6.09 Å². The Labute approximate surface area is 151 Å². The quantitative estimate of drug-likeness (QED) is 0.840. The fourth-order valence-electron chi connectivity index (χ4n) is 2.42. The Bertz CT molecular complexity index is 748. The highest BCUT2D eigenvalue weighted by molar-refractivity contribution is 7.14. The lowest BCUT2D eigenvalue weighted by Crippen LogP contribution is -2.45. The van der Waals surface area contributed by atoms with Gasteiger partial charge < -0.3 is 15.3 Å². The minimum absolute atomic E-state index is 0.141. The van der Waals surface area contributed by atoms with E-state index in [1.54, 1.807) is 0 Å². The second-order valence-corrected chi connectivity index (χ2v) is 7.63. The fraction of sp³-hybridized carbons (Fsp3) is 0.389. The van der Waals surface area contributed by atoms with E-state index in [0.29, 0.717) is 18.1 Å². The van der Waals surface area contributed by atoms with Gasteiger partial charge in [-0.05, 0) is 32.8 Å². The van der Waals surface area contributed by atoms with Crippen LogP contribution < -0.4 is 5.32 Å². The third-order valence-corrected chi connectivity index (χ3v) is 4.46. The van der Waals surface area contributed by atoms with Crippen molar-refractivity contribution in [2.24, 2.45) is 0 Å². The van der Waals surface area contributed by atoms with Crippen molar-refractivity contribution >= 4 is 28.5 Å². The van der Waals surface area contributed by atoms with Gasteiger partial charge in [0.1, 0.15) is 0 Å². The van der Waals surface area contributed by atoms with Crippen LogP contribution in [0, 0.1) is 0 Å². The van der Waals surface area contributed by atoms with Gasteiger partial charge in [-0.1, -0.05) is 24.3 Å². The number of rotatable bonds is 5. The van der Waals surface area contributed by atoms with Gasteiger partial charge in [0.2, 0.25) is 5.91 Å². The van der Waals surface area contributed by atoms with Crippen molar-refractivity contribution in [2.75, 3.05) is 11.9 Å². The molecule has 0 unspecified atom stereocenters. The number of nitrogens with zero attached hydrogens (tertiary/aromatic N) is 2. The Hall–Kier alpha value is -2.41.